The lowest BCUT2D eigenvalue weighted by atomic mass is 10.1. The summed E-state index contributed by atoms with van der Waals surface area (Å²) in [4.78, 5) is 16.2. The maximum absolute atomic E-state index is 11.9. The third-order valence-electron chi connectivity index (χ3n) is 4.96. The molecule has 1 aromatic rings. The topological polar surface area (TPSA) is 80.0 Å². The Morgan fingerprint density at radius 3 is 2.56 bits per heavy atom. The highest BCUT2D eigenvalue weighted by atomic mass is 35.5. The van der Waals surface area contributed by atoms with E-state index in [0.29, 0.717) is 37.2 Å². The summed E-state index contributed by atoms with van der Waals surface area (Å²) in [5.41, 5.74) is 0. The molecule has 3 rings (SSSR count). The molecule has 2 fully saturated rings. The average molecular weight is 371 g/mol. The van der Waals surface area contributed by atoms with Gasteiger partial charge in [-0.3, -0.25) is 4.79 Å². The molecule has 6 nitrogen and oxygen atoms in total. The summed E-state index contributed by atoms with van der Waals surface area (Å²) in [5.74, 6) is 2.14. The van der Waals surface area contributed by atoms with Gasteiger partial charge in [-0.15, -0.1) is 12.4 Å². The summed E-state index contributed by atoms with van der Waals surface area (Å²) in [6, 6.07) is 0.641. The molecule has 0 saturated heterocycles. The minimum absolute atomic E-state index is 0. The van der Waals surface area contributed by atoms with Crippen LogP contribution in [0.15, 0.2) is 4.52 Å². The molecule has 1 amide bonds. The summed E-state index contributed by atoms with van der Waals surface area (Å²) in [6.45, 7) is 1.58. The standard InChI is InChI=1S/C18H30N4O2.ClH/c23-16(20-13-12-19-15-6-3-1-2-4-7-15)8-5-9-17-21-18(22-24-17)14-10-11-14;/h14-15,19H,1-13H2,(H,20,23);1H. The van der Waals surface area contributed by atoms with Gasteiger partial charge in [0.2, 0.25) is 11.8 Å². The van der Waals surface area contributed by atoms with Crippen molar-refractivity contribution in [1.82, 2.24) is 20.8 Å². The fourth-order valence-corrected chi connectivity index (χ4v) is 3.33. The van der Waals surface area contributed by atoms with Gasteiger partial charge < -0.3 is 15.2 Å². The normalized spacial score (nSPS) is 18.4. The minimum Gasteiger partial charge on any atom is -0.355 e. The number of rotatable bonds is 9. The average Bonchev–Trinajstić information content (AvgIpc) is 3.37. The van der Waals surface area contributed by atoms with Gasteiger partial charge in [0.1, 0.15) is 0 Å². The fraction of sp³-hybridized carbons (Fsp3) is 0.833. The molecular weight excluding hydrogens is 340 g/mol. The van der Waals surface area contributed by atoms with Crippen LogP contribution in [0.2, 0.25) is 0 Å². The first kappa shape index (κ1) is 20.2. The molecule has 0 spiro atoms. The molecule has 0 atom stereocenters. The molecule has 7 heteroatoms. The summed E-state index contributed by atoms with van der Waals surface area (Å²) < 4.78 is 5.22. The van der Waals surface area contributed by atoms with E-state index in [1.165, 1.54) is 51.4 Å². The molecule has 1 heterocycles. The first-order valence-corrected chi connectivity index (χ1v) is 9.64. The number of carbonyl (C=O) groups excluding carboxylic acids is 1. The van der Waals surface area contributed by atoms with E-state index in [4.69, 9.17) is 4.52 Å². The molecule has 0 aromatic carbocycles. The van der Waals surface area contributed by atoms with Crippen LogP contribution in [0.1, 0.15) is 81.8 Å². The Morgan fingerprint density at radius 2 is 1.84 bits per heavy atom. The number of amides is 1. The molecular formula is C18H31ClN4O2. The number of halogens is 1. The van der Waals surface area contributed by atoms with Crippen molar-refractivity contribution in [2.24, 2.45) is 0 Å². The molecule has 0 unspecified atom stereocenters. The Hall–Kier alpha value is -1.14. The largest absolute Gasteiger partial charge is 0.355 e. The highest BCUT2D eigenvalue weighted by Gasteiger charge is 2.28. The summed E-state index contributed by atoms with van der Waals surface area (Å²) >= 11 is 0. The predicted molar refractivity (Wildman–Crippen MR) is 99.0 cm³/mol. The smallest absolute Gasteiger partial charge is 0.226 e. The van der Waals surface area contributed by atoms with E-state index < -0.39 is 0 Å². The van der Waals surface area contributed by atoms with Crippen LogP contribution in [-0.2, 0) is 11.2 Å². The molecule has 25 heavy (non-hydrogen) atoms. The van der Waals surface area contributed by atoms with Crippen LogP contribution in [0.4, 0.5) is 0 Å². The van der Waals surface area contributed by atoms with Gasteiger partial charge in [0.25, 0.3) is 0 Å². The third kappa shape index (κ3) is 7.32. The van der Waals surface area contributed by atoms with Crippen molar-refractivity contribution < 1.29 is 9.32 Å². The molecule has 142 valence electrons. The number of aromatic nitrogens is 2. The fourth-order valence-electron chi connectivity index (χ4n) is 3.33. The van der Waals surface area contributed by atoms with Crippen molar-refractivity contribution in [3.05, 3.63) is 11.7 Å². The van der Waals surface area contributed by atoms with Crippen molar-refractivity contribution in [2.75, 3.05) is 13.1 Å². The Kier molecular flexibility index (Phi) is 8.68. The number of hydrogen-bond donors (Lipinski definition) is 2. The predicted octanol–water partition coefficient (Wildman–Crippen LogP) is 3.12. The van der Waals surface area contributed by atoms with E-state index in [1.54, 1.807) is 0 Å². The number of nitrogens with one attached hydrogen (secondary N) is 2. The van der Waals surface area contributed by atoms with Crippen LogP contribution >= 0.6 is 12.4 Å². The molecule has 2 aliphatic rings. The number of aryl methyl sites for hydroxylation is 1. The van der Waals surface area contributed by atoms with Crippen molar-refractivity contribution in [2.45, 2.75) is 82.6 Å². The Labute approximate surface area is 156 Å². The second-order valence-corrected chi connectivity index (χ2v) is 7.17. The van der Waals surface area contributed by atoms with Gasteiger partial charge in [-0.25, -0.2) is 0 Å². The summed E-state index contributed by atoms with van der Waals surface area (Å²) in [7, 11) is 0. The lowest BCUT2D eigenvalue weighted by Gasteiger charge is -2.16. The van der Waals surface area contributed by atoms with Crippen LogP contribution in [0.3, 0.4) is 0 Å². The lowest BCUT2D eigenvalue weighted by molar-refractivity contribution is -0.121. The molecule has 0 aliphatic heterocycles. The zero-order valence-electron chi connectivity index (χ0n) is 15.0. The maximum atomic E-state index is 11.9. The van der Waals surface area contributed by atoms with Gasteiger partial charge >= 0.3 is 0 Å². The van der Waals surface area contributed by atoms with E-state index >= 15 is 0 Å². The van der Waals surface area contributed by atoms with Gasteiger partial charge in [-0.05, 0) is 32.1 Å². The third-order valence-corrected chi connectivity index (χ3v) is 4.96. The van der Waals surface area contributed by atoms with Gasteiger partial charge in [-0.2, -0.15) is 4.98 Å². The van der Waals surface area contributed by atoms with Gasteiger partial charge in [0, 0.05) is 37.9 Å². The molecule has 2 N–H and O–H groups in total. The monoisotopic (exact) mass is 370 g/mol. The van der Waals surface area contributed by atoms with Crippen LogP contribution in [0, 0.1) is 0 Å². The Balaban J connectivity index is 0.00000225. The first-order valence-electron chi connectivity index (χ1n) is 9.64. The number of carbonyl (C=O) groups is 1. The van der Waals surface area contributed by atoms with Gasteiger partial charge in [-0.1, -0.05) is 30.8 Å². The molecule has 0 radical (unpaired) electrons. The molecule has 2 aliphatic carbocycles. The maximum Gasteiger partial charge on any atom is 0.226 e. The summed E-state index contributed by atoms with van der Waals surface area (Å²) in [5, 5.41) is 10.6. The zero-order valence-corrected chi connectivity index (χ0v) is 15.8. The zero-order chi connectivity index (χ0) is 16.6. The highest BCUT2D eigenvalue weighted by Crippen LogP contribution is 2.38. The van der Waals surface area contributed by atoms with Crippen LogP contribution in [0.5, 0.6) is 0 Å². The SMILES string of the molecule is Cl.O=C(CCCc1nc(C2CC2)no1)NCCNC1CCCCCC1. The minimum atomic E-state index is 0. The van der Waals surface area contributed by atoms with E-state index in [0.717, 1.165) is 18.8 Å². The second-order valence-electron chi connectivity index (χ2n) is 7.17. The van der Waals surface area contributed by atoms with Crippen molar-refractivity contribution in [3.63, 3.8) is 0 Å². The van der Waals surface area contributed by atoms with Gasteiger partial charge in [0.05, 0.1) is 0 Å². The van der Waals surface area contributed by atoms with Crippen molar-refractivity contribution >= 4 is 18.3 Å². The highest BCUT2D eigenvalue weighted by molar-refractivity contribution is 5.85. The number of nitrogens with zero attached hydrogens (tertiary/aromatic N) is 2. The Bertz CT molecular complexity index is 511. The number of hydrogen-bond acceptors (Lipinski definition) is 5. The molecule has 2 saturated carbocycles. The van der Waals surface area contributed by atoms with Gasteiger partial charge in [0.15, 0.2) is 5.82 Å². The van der Waals surface area contributed by atoms with E-state index in [9.17, 15) is 4.79 Å². The van der Waals surface area contributed by atoms with E-state index in [1.807, 2.05) is 0 Å². The molecule has 0 bridgehead atoms. The quantitative estimate of drug-likeness (QED) is 0.515. The van der Waals surface area contributed by atoms with Crippen LogP contribution in [0.25, 0.3) is 0 Å². The Morgan fingerprint density at radius 1 is 1.08 bits per heavy atom. The summed E-state index contributed by atoms with van der Waals surface area (Å²) in [6.07, 6.45) is 12.3. The lowest BCUT2D eigenvalue weighted by Crippen LogP contribution is -2.36. The van der Waals surface area contributed by atoms with Crippen molar-refractivity contribution in [1.29, 1.82) is 0 Å². The van der Waals surface area contributed by atoms with E-state index in [-0.39, 0.29) is 18.3 Å². The molecule has 1 aromatic heterocycles. The first-order chi connectivity index (χ1) is 11.8. The second kappa shape index (κ2) is 10.8. The van der Waals surface area contributed by atoms with Crippen molar-refractivity contribution in [3.8, 4) is 0 Å². The van der Waals surface area contributed by atoms with Crippen LogP contribution in [-0.4, -0.2) is 35.2 Å². The van der Waals surface area contributed by atoms with Crippen LogP contribution < -0.4 is 10.6 Å². The van der Waals surface area contributed by atoms with E-state index in [2.05, 4.69) is 20.8 Å².